The second-order valence-corrected chi connectivity index (χ2v) is 5.21. The standard InChI is InChI=1S/C15H22F2N2O2/c1-18(6-7-19-8-10-20-11-9-19)12-13-2-4-14(5-3-13)21-15(16)17/h2-5,15H,6-12H2,1H3. The lowest BCUT2D eigenvalue weighted by atomic mass is 10.2. The molecule has 0 saturated carbocycles. The third-order valence-corrected chi connectivity index (χ3v) is 3.50. The number of alkyl halides is 2. The van der Waals surface area contributed by atoms with Gasteiger partial charge >= 0.3 is 6.61 Å². The van der Waals surface area contributed by atoms with Gasteiger partial charge in [0.05, 0.1) is 13.2 Å². The number of likely N-dealkylation sites (N-methyl/N-ethyl adjacent to an activating group) is 1. The molecule has 118 valence electrons. The molecule has 1 aliphatic rings. The van der Waals surface area contributed by atoms with Gasteiger partial charge in [-0.3, -0.25) is 4.90 Å². The van der Waals surface area contributed by atoms with Crippen LogP contribution in [0.3, 0.4) is 0 Å². The van der Waals surface area contributed by atoms with Crippen molar-refractivity contribution in [1.29, 1.82) is 0 Å². The van der Waals surface area contributed by atoms with Gasteiger partial charge in [0.1, 0.15) is 5.75 Å². The van der Waals surface area contributed by atoms with Crippen molar-refractivity contribution < 1.29 is 18.3 Å². The van der Waals surface area contributed by atoms with E-state index < -0.39 is 6.61 Å². The van der Waals surface area contributed by atoms with Gasteiger partial charge in [0.25, 0.3) is 0 Å². The summed E-state index contributed by atoms with van der Waals surface area (Å²) < 4.78 is 33.8. The molecule has 1 aliphatic heterocycles. The second kappa shape index (κ2) is 8.26. The number of rotatable bonds is 7. The maximum atomic E-state index is 12.1. The highest BCUT2D eigenvalue weighted by atomic mass is 19.3. The first-order valence-electron chi connectivity index (χ1n) is 7.16. The lowest BCUT2D eigenvalue weighted by Crippen LogP contribution is -2.40. The van der Waals surface area contributed by atoms with Crippen LogP contribution in [0.5, 0.6) is 5.75 Å². The summed E-state index contributed by atoms with van der Waals surface area (Å²) >= 11 is 0. The summed E-state index contributed by atoms with van der Waals surface area (Å²) in [7, 11) is 2.06. The van der Waals surface area contributed by atoms with Gasteiger partial charge in [-0.25, -0.2) is 0 Å². The van der Waals surface area contributed by atoms with Crippen LogP contribution in [0.25, 0.3) is 0 Å². The van der Waals surface area contributed by atoms with Gasteiger partial charge in [0, 0.05) is 32.7 Å². The molecule has 0 aliphatic carbocycles. The van der Waals surface area contributed by atoms with E-state index in [0.717, 1.165) is 51.5 Å². The van der Waals surface area contributed by atoms with Crippen molar-refractivity contribution in [1.82, 2.24) is 9.80 Å². The number of ether oxygens (including phenoxy) is 2. The van der Waals surface area contributed by atoms with Gasteiger partial charge in [-0.2, -0.15) is 8.78 Å². The molecule has 1 heterocycles. The van der Waals surface area contributed by atoms with E-state index >= 15 is 0 Å². The summed E-state index contributed by atoms with van der Waals surface area (Å²) in [6.07, 6.45) is 0. The Hall–Kier alpha value is -1.24. The number of hydrogen-bond donors (Lipinski definition) is 0. The molecule has 2 rings (SSSR count). The highest BCUT2D eigenvalue weighted by Gasteiger charge is 2.11. The maximum absolute atomic E-state index is 12.1. The highest BCUT2D eigenvalue weighted by molar-refractivity contribution is 5.27. The number of hydrogen-bond acceptors (Lipinski definition) is 4. The summed E-state index contributed by atoms with van der Waals surface area (Å²) in [6.45, 7) is 3.62. The zero-order chi connectivity index (χ0) is 15.1. The Morgan fingerprint density at radius 2 is 1.90 bits per heavy atom. The molecule has 0 radical (unpaired) electrons. The van der Waals surface area contributed by atoms with Crippen LogP contribution < -0.4 is 4.74 Å². The van der Waals surface area contributed by atoms with Gasteiger partial charge in [-0.1, -0.05) is 12.1 Å². The quantitative estimate of drug-likeness (QED) is 0.769. The van der Waals surface area contributed by atoms with Crippen molar-refractivity contribution in [2.45, 2.75) is 13.2 Å². The Labute approximate surface area is 124 Å². The zero-order valence-electron chi connectivity index (χ0n) is 12.3. The number of nitrogens with zero attached hydrogens (tertiary/aromatic N) is 2. The van der Waals surface area contributed by atoms with Crippen molar-refractivity contribution in [3.63, 3.8) is 0 Å². The molecule has 1 aromatic carbocycles. The Kier molecular flexibility index (Phi) is 6.35. The van der Waals surface area contributed by atoms with Gasteiger partial charge in [0.2, 0.25) is 0 Å². The van der Waals surface area contributed by atoms with Crippen LogP contribution >= 0.6 is 0 Å². The average molecular weight is 300 g/mol. The largest absolute Gasteiger partial charge is 0.435 e. The van der Waals surface area contributed by atoms with E-state index in [4.69, 9.17) is 4.74 Å². The van der Waals surface area contributed by atoms with Crippen LogP contribution in [0.4, 0.5) is 8.78 Å². The molecule has 6 heteroatoms. The first-order chi connectivity index (χ1) is 10.1. The van der Waals surface area contributed by atoms with E-state index in [9.17, 15) is 8.78 Å². The van der Waals surface area contributed by atoms with E-state index in [0.29, 0.717) is 0 Å². The Morgan fingerprint density at radius 1 is 1.24 bits per heavy atom. The van der Waals surface area contributed by atoms with E-state index in [1.807, 2.05) is 12.1 Å². The molecule has 0 amide bonds. The van der Waals surface area contributed by atoms with Gasteiger partial charge in [0.15, 0.2) is 0 Å². The monoisotopic (exact) mass is 300 g/mol. The fourth-order valence-corrected chi connectivity index (χ4v) is 2.30. The Balaban J connectivity index is 1.72. The van der Waals surface area contributed by atoms with E-state index in [2.05, 4.69) is 21.6 Å². The minimum Gasteiger partial charge on any atom is -0.435 e. The van der Waals surface area contributed by atoms with Gasteiger partial charge in [-0.05, 0) is 24.7 Å². The maximum Gasteiger partial charge on any atom is 0.387 e. The van der Waals surface area contributed by atoms with Crippen molar-refractivity contribution in [2.24, 2.45) is 0 Å². The highest BCUT2D eigenvalue weighted by Crippen LogP contribution is 2.15. The number of halogens is 2. The van der Waals surface area contributed by atoms with Gasteiger partial charge in [-0.15, -0.1) is 0 Å². The summed E-state index contributed by atoms with van der Waals surface area (Å²) in [5.41, 5.74) is 1.08. The molecular weight excluding hydrogens is 278 g/mol. The fourth-order valence-electron chi connectivity index (χ4n) is 2.30. The molecule has 0 atom stereocenters. The zero-order valence-corrected chi connectivity index (χ0v) is 12.3. The van der Waals surface area contributed by atoms with Crippen LogP contribution in [0, 0.1) is 0 Å². The molecule has 1 fully saturated rings. The second-order valence-electron chi connectivity index (χ2n) is 5.21. The smallest absolute Gasteiger partial charge is 0.387 e. The van der Waals surface area contributed by atoms with Crippen molar-refractivity contribution in [3.8, 4) is 5.75 Å². The van der Waals surface area contributed by atoms with Crippen LogP contribution in [0.2, 0.25) is 0 Å². The van der Waals surface area contributed by atoms with E-state index in [-0.39, 0.29) is 5.75 Å². The lowest BCUT2D eigenvalue weighted by molar-refractivity contribution is -0.0498. The Morgan fingerprint density at radius 3 is 2.52 bits per heavy atom. The molecule has 0 bridgehead atoms. The van der Waals surface area contributed by atoms with Crippen LogP contribution in [-0.4, -0.2) is 62.9 Å². The number of morpholine rings is 1. The van der Waals surface area contributed by atoms with Gasteiger partial charge < -0.3 is 14.4 Å². The molecule has 0 aromatic heterocycles. The molecule has 0 unspecified atom stereocenters. The summed E-state index contributed by atoms with van der Waals surface area (Å²) in [6, 6.07) is 6.81. The molecule has 4 nitrogen and oxygen atoms in total. The third kappa shape index (κ3) is 5.95. The summed E-state index contributed by atoms with van der Waals surface area (Å²) in [5.74, 6) is 0.199. The van der Waals surface area contributed by atoms with Crippen LogP contribution in [0.15, 0.2) is 24.3 Å². The predicted octanol–water partition coefficient (Wildman–Crippen LogP) is 2.05. The minimum absolute atomic E-state index is 0.199. The van der Waals surface area contributed by atoms with E-state index in [1.165, 1.54) is 0 Å². The average Bonchev–Trinajstić information content (AvgIpc) is 2.48. The molecule has 0 N–H and O–H groups in total. The molecule has 21 heavy (non-hydrogen) atoms. The fraction of sp³-hybridized carbons (Fsp3) is 0.600. The Bertz CT molecular complexity index is 409. The van der Waals surface area contributed by atoms with Crippen molar-refractivity contribution in [2.75, 3.05) is 46.4 Å². The predicted molar refractivity (Wildman–Crippen MR) is 76.7 cm³/mol. The topological polar surface area (TPSA) is 24.9 Å². The first-order valence-corrected chi connectivity index (χ1v) is 7.16. The number of benzene rings is 1. The molecule has 1 aromatic rings. The molecule has 1 saturated heterocycles. The summed E-state index contributed by atoms with van der Waals surface area (Å²) in [4.78, 5) is 4.61. The summed E-state index contributed by atoms with van der Waals surface area (Å²) in [5, 5.41) is 0. The minimum atomic E-state index is -2.77. The lowest BCUT2D eigenvalue weighted by Gasteiger charge is -2.28. The first kappa shape index (κ1) is 16.1. The van der Waals surface area contributed by atoms with Crippen molar-refractivity contribution >= 4 is 0 Å². The van der Waals surface area contributed by atoms with Crippen molar-refractivity contribution in [3.05, 3.63) is 29.8 Å². The van der Waals surface area contributed by atoms with Crippen LogP contribution in [-0.2, 0) is 11.3 Å². The third-order valence-electron chi connectivity index (χ3n) is 3.50. The molecular formula is C15H22F2N2O2. The normalized spacial score (nSPS) is 16.6. The molecule has 0 spiro atoms. The van der Waals surface area contributed by atoms with E-state index in [1.54, 1.807) is 12.1 Å². The SMILES string of the molecule is CN(CCN1CCOCC1)Cc1ccc(OC(F)F)cc1. The van der Waals surface area contributed by atoms with Crippen LogP contribution in [0.1, 0.15) is 5.56 Å².